The zero-order chi connectivity index (χ0) is 28.6. The number of allylic oxidation sites excluding steroid dienone is 1. The number of benzene rings is 1. The van der Waals surface area contributed by atoms with Crippen LogP contribution in [0.15, 0.2) is 59.8 Å². The quantitative estimate of drug-likeness (QED) is 0.216. The number of nitrogens with one attached hydrogen (secondary N) is 2. The minimum Gasteiger partial charge on any atom is -0.471 e. The van der Waals surface area contributed by atoms with E-state index in [1.807, 2.05) is 0 Å². The highest BCUT2D eigenvalue weighted by atomic mass is 19.1. The molecule has 4 aromatic rings. The smallest absolute Gasteiger partial charge is 0.274 e. The summed E-state index contributed by atoms with van der Waals surface area (Å²) in [6.07, 6.45) is 7.20. The van der Waals surface area contributed by atoms with Crippen molar-refractivity contribution in [3.05, 3.63) is 88.4 Å². The van der Waals surface area contributed by atoms with Crippen molar-refractivity contribution in [3.63, 3.8) is 0 Å². The fourth-order valence-electron chi connectivity index (χ4n) is 3.67. The number of imidazole rings is 1. The number of unbranched alkanes of at least 4 members (excludes halogenated alkanes) is 1. The first kappa shape index (κ1) is 28.1. The maximum Gasteiger partial charge on any atom is 0.274 e. The van der Waals surface area contributed by atoms with Gasteiger partial charge < -0.3 is 24.5 Å². The number of ether oxygens (including phenoxy) is 1. The molecule has 3 aromatic heterocycles. The summed E-state index contributed by atoms with van der Waals surface area (Å²) in [5.74, 6) is -1.39. The SMILES string of the molecule is CN(C)C(=O)/C=C/CCCC(=O)Nc1cccn(Cc2nc3ncnc(OCc4ccc(F)cc4F)c3[nH]2)c1=O. The number of aromatic amines is 1. The molecule has 2 amide bonds. The van der Waals surface area contributed by atoms with Gasteiger partial charge in [-0.25, -0.2) is 18.7 Å². The Morgan fingerprint density at radius 2 is 2.02 bits per heavy atom. The van der Waals surface area contributed by atoms with Crippen molar-refractivity contribution in [3.8, 4) is 5.88 Å². The zero-order valence-electron chi connectivity index (χ0n) is 21.9. The molecular formula is C27H27F2N7O4. The molecule has 0 saturated heterocycles. The number of fused-ring (bicyclic) bond motifs is 1. The molecule has 0 radical (unpaired) electrons. The van der Waals surface area contributed by atoms with Gasteiger partial charge in [-0.1, -0.05) is 6.08 Å². The first-order chi connectivity index (χ1) is 19.2. The highest BCUT2D eigenvalue weighted by Gasteiger charge is 2.14. The average molecular weight is 552 g/mol. The van der Waals surface area contributed by atoms with E-state index < -0.39 is 17.2 Å². The largest absolute Gasteiger partial charge is 0.471 e. The molecule has 0 atom stereocenters. The summed E-state index contributed by atoms with van der Waals surface area (Å²) in [5, 5.41) is 2.63. The van der Waals surface area contributed by atoms with Gasteiger partial charge in [0.25, 0.3) is 5.56 Å². The molecule has 0 aliphatic carbocycles. The van der Waals surface area contributed by atoms with Crippen molar-refractivity contribution < 1.29 is 23.1 Å². The standard InChI is InChI=1S/C27H27F2N7O4/c1-35(2)23(38)9-5-3-4-8-22(37)32-20-7-6-12-36(27(20)39)14-21-33-24-25(34-21)30-16-31-26(24)40-15-17-10-11-18(28)13-19(17)29/h5-7,9-13,16H,3-4,8,14-15H2,1-2H3,(H,32,37)(H,30,31,33,34)/b9-5+. The molecule has 0 spiro atoms. The molecule has 208 valence electrons. The number of hydrogen-bond donors (Lipinski definition) is 2. The number of hydrogen-bond acceptors (Lipinski definition) is 7. The predicted molar refractivity (Wildman–Crippen MR) is 142 cm³/mol. The Morgan fingerprint density at radius 1 is 1.20 bits per heavy atom. The third-order valence-electron chi connectivity index (χ3n) is 5.77. The van der Waals surface area contributed by atoms with E-state index >= 15 is 0 Å². The van der Waals surface area contributed by atoms with E-state index in [1.165, 1.54) is 34.0 Å². The van der Waals surface area contributed by atoms with E-state index in [1.54, 1.807) is 32.4 Å². The summed E-state index contributed by atoms with van der Waals surface area (Å²) in [5.41, 5.74) is 0.459. The number of likely N-dealkylation sites (N-methyl/N-ethyl adjacent to an activating group) is 1. The Bertz CT molecular complexity index is 1610. The van der Waals surface area contributed by atoms with Crippen molar-refractivity contribution >= 4 is 28.7 Å². The van der Waals surface area contributed by atoms with Gasteiger partial charge in [-0.2, -0.15) is 4.98 Å². The highest BCUT2D eigenvalue weighted by molar-refractivity contribution is 5.90. The summed E-state index contributed by atoms with van der Waals surface area (Å²) in [4.78, 5) is 53.9. The number of rotatable bonds is 11. The number of carbonyl (C=O) groups is 2. The van der Waals surface area contributed by atoms with Crippen LogP contribution < -0.4 is 15.6 Å². The summed E-state index contributed by atoms with van der Waals surface area (Å²) < 4.78 is 34.1. The number of nitrogens with zero attached hydrogens (tertiary/aromatic N) is 5. The number of H-pyrrole nitrogens is 1. The fraction of sp³-hybridized carbons (Fsp3) is 0.259. The number of amides is 2. The monoisotopic (exact) mass is 551 g/mol. The molecule has 0 bridgehead atoms. The number of anilines is 1. The van der Waals surface area contributed by atoms with Gasteiger partial charge in [-0.3, -0.25) is 14.4 Å². The molecule has 1 aromatic carbocycles. The van der Waals surface area contributed by atoms with E-state index in [4.69, 9.17) is 4.74 Å². The second-order valence-electron chi connectivity index (χ2n) is 9.02. The Labute approximate surface area is 227 Å². The van der Waals surface area contributed by atoms with E-state index in [0.717, 1.165) is 12.1 Å². The summed E-state index contributed by atoms with van der Waals surface area (Å²) in [6, 6.07) is 6.32. The lowest BCUT2D eigenvalue weighted by Crippen LogP contribution is -2.26. The number of pyridine rings is 1. The molecule has 0 saturated carbocycles. The Morgan fingerprint density at radius 3 is 2.80 bits per heavy atom. The van der Waals surface area contributed by atoms with Crippen LogP contribution in [-0.4, -0.2) is 55.3 Å². The third kappa shape index (κ3) is 7.12. The van der Waals surface area contributed by atoms with Gasteiger partial charge >= 0.3 is 0 Å². The van der Waals surface area contributed by atoms with Crippen molar-refractivity contribution in [2.75, 3.05) is 19.4 Å². The van der Waals surface area contributed by atoms with Crippen molar-refractivity contribution in [2.24, 2.45) is 0 Å². The second kappa shape index (κ2) is 12.7. The van der Waals surface area contributed by atoms with E-state index in [-0.39, 0.29) is 54.2 Å². The Kier molecular flexibility index (Phi) is 8.94. The van der Waals surface area contributed by atoms with Crippen LogP contribution in [0, 0.1) is 11.6 Å². The minimum absolute atomic E-state index is 0.0373. The van der Waals surface area contributed by atoms with Crippen LogP contribution in [0.4, 0.5) is 14.5 Å². The average Bonchev–Trinajstić information content (AvgIpc) is 3.33. The predicted octanol–water partition coefficient (Wildman–Crippen LogP) is 3.17. The van der Waals surface area contributed by atoms with Crippen molar-refractivity contribution in [1.29, 1.82) is 0 Å². The van der Waals surface area contributed by atoms with Gasteiger partial charge in [0.1, 0.15) is 41.6 Å². The highest BCUT2D eigenvalue weighted by Crippen LogP contribution is 2.21. The number of aromatic nitrogens is 5. The van der Waals surface area contributed by atoms with Crippen LogP contribution in [0.3, 0.4) is 0 Å². The van der Waals surface area contributed by atoms with Crippen LogP contribution in [0.2, 0.25) is 0 Å². The molecular weight excluding hydrogens is 524 g/mol. The van der Waals surface area contributed by atoms with Crippen molar-refractivity contribution in [2.45, 2.75) is 32.4 Å². The molecule has 0 aliphatic heterocycles. The lowest BCUT2D eigenvalue weighted by Gasteiger charge is -2.08. The Hall–Kier alpha value is -4.94. The maximum atomic E-state index is 14.0. The Balaban J connectivity index is 1.39. The van der Waals surface area contributed by atoms with Crippen LogP contribution in [0.25, 0.3) is 11.2 Å². The van der Waals surface area contributed by atoms with Crippen molar-refractivity contribution in [1.82, 2.24) is 29.4 Å². The minimum atomic E-state index is -0.740. The molecule has 0 fully saturated rings. The zero-order valence-corrected chi connectivity index (χ0v) is 21.9. The summed E-state index contributed by atoms with van der Waals surface area (Å²) >= 11 is 0. The van der Waals surface area contributed by atoms with E-state index in [0.29, 0.717) is 24.2 Å². The van der Waals surface area contributed by atoms with Gasteiger partial charge in [0.15, 0.2) is 5.65 Å². The van der Waals surface area contributed by atoms with Crippen LogP contribution in [-0.2, 0) is 22.7 Å². The molecule has 0 aliphatic rings. The van der Waals surface area contributed by atoms with Gasteiger partial charge in [0.05, 0.1) is 6.54 Å². The number of halogens is 2. The van der Waals surface area contributed by atoms with Gasteiger partial charge in [0, 0.05) is 38.3 Å². The van der Waals surface area contributed by atoms with Crippen LogP contribution in [0.5, 0.6) is 5.88 Å². The lowest BCUT2D eigenvalue weighted by atomic mass is 10.2. The third-order valence-corrected chi connectivity index (χ3v) is 5.77. The lowest BCUT2D eigenvalue weighted by molar-refractivity contribution is -0.123. The first-order valence-electron chi connectivity index (χ1n) is 12.3. The van der Waals surface area contributed by atoms with Crippen LogP contribution >= 0.6 is 0 Å². The summed E-state index contributed by atoms with van der Waals surface area (Å²) in [7, 11) is 3.31. The maximum absolute atomic E-state index is 14.0. The number of carbonyl (C=O) groups excluding carboxylic acids is 2. The molecule has 11 nitrogen and oxygen atoms in total. The normalized spacial score (nSPS) is 11.2. The molecule has 3 heterocycles. The van der Waals surface area contributed by atoms with Gasteiger partial charge in [-0.15, -0.1) is 0 Å². The van der Waals surface area contributed by atoms with Crippen LogP contribution in [0.1, 0.15) is 30.7 Å². The fourth-order valence-corrected chi connectivity index (χ4v) is 3.67. The molecule has 4 rings (SSSR count). The molecule has 13 heteroatoms. The molecule has 40 heavy (non-hydrogen) atoms. The van der Waals surface area contributed by atoms with Gasteiger partial charge in [-0.05, 0) is 43.2 Å². The summed E-state index contributed by atoms with van der Waals surface area (Å²) in [6.45, 7) is -0.159. The first-order valence-corrected chi connectivity index (χ1v) is 12.3. The molecule has 2 N–H and O–H groups in total. The van der Waals surface area contributed by atoms with E-state index in [2.05, 4.69) is 25.3 Å². The second-order valence-corrected chi connectivity index (χ2v) is 9.02. The van der Waals surface area contributed by atoms with E-state index in [9.17, 15) is 23.2 Å². The molecule has 0 unspecified atom stereocenters. The topological polar surface area (TPSA) is 135 Å². The van der Waals surface area contributed by atoms with Gasteiger partial charge in [0.2, 0.25) is 17.7 Å².